The summed E-state index contributed by atoms with van der Waals surface area (Å²) >= 11 is 0. The van der Waals surface area contributed by atoms with Crippen molar-refractivity contribution >= 4 is 17.5 Å². The Morgan fingerprint density at radius 3 is 2.29 bits per heavy atom. The van der Waals surface area contributed by atoms with Crippen molar-refractivity contribution in [1.82, 2.24) is 9.80 Å². The topological polar surface area (TPSA) is 52.7 Å². The van der Waals surface area contributed by atoms with E-state index in [9.17, 15) is 9.59 Å². The fourth-order valence-electron chi connectivity index (χ4n) is 2.93. The highest BCUT2D eigenvalue weighted by Crippen LogP contribution is 2.19. The van der Waals surface area contributed by atoms with E-state index in [2.05, 4.69) is 17.1 Å². The van der Waals surface area contributed by atoms with E-state index in [-0.39, 0.29) is 17.2 Å². The lowest BCUT2D eigenvalue weighted by atomic mass is 9.94. The van der Waals surface area contributed by atoms with Crippen LogP contribution in [0.1, 0.15) is 33.3 Å². The molecule has 1 heterocycles. The molecule has 5 heteroatoms. The third-order valence-electron chi connectivity index (χ3n) is 4.34. The van der Waals surface area contributed by atoms with E-state index < -0.39 is 0 Å². The molecule has 2 rings (SSSR count). The lowest BCUT2D eigenvalue weighted by Crippen LogP contribution is -2.52. The zero-order chi connectivity index (χ0) is 17.7. The van der Waals surface area contributed by atoms with Gasteiger partial charge in [-0.25, -0.2) is 0 Å². The van der Waals surface area contributed by atoms with E-state index in [1.807, 2.05) is 49.9 Å². The maximum Gasteiger partial charge on any atom is 0.238 e. The summed E-state index contributed by atoms with van der Waals surface area (Å²) in [6.07, 6.45) is 0.893. The van der Waals surface area contributed by atoms with Crippen molar-refractivity contribution in [1.29, 1.82) is 0 Å². The van der Waals surface area contributed by atoms with Crippen molar-refractivity contribution in [3.63, 3.8) is 0 Å². The van der Waals surface area contributed by atoms with Gasteiger partial charge in [0.15, 0.2) is 0 Å². The molecule has 2 amide bonds. The van der Waals surface area contributed by atoms with Crippen LogP contribution in [-0.2, 0) is 16.0 Å². The fraction of sp³-hybridized carbons (Fsp3) is 0.579. The summed E-state index contributed by atoms with van der Waals surface area (Å²) < 4.78 is 0. The van der Waals surface area contributed by atoms with Crippen LogP contribution >= 0.6 is 0 Å². The van der Waals surface area contributed by atoms with Gasteiger partial charge in [-0.1, -0.05) is 45.9 Å². The van der Waals surface area contributed by atoms with E-state index in [1.165, 1.54) is 0 Å². The van der Waals surface area contributed by atoms with Crippen molar-refractivity contribution in [3.8, 4) is 0 Å². The predicted molar refractivity (Wildman–Crippen MR) is 96.9 cm³/mol. The standard InChI is InChI=1S/C19H29N3O2/c1-5-15-8-6-7-9-16(15)20-17(23)14-21-10-12-22(13-11-21)18(24)19(2,3)4/h6-9H,5,10-14H2,1-4H3,(H,20,23). The molecule has 1 N–H and O–H groups in total. The second kappa shape index (κ2) is 7.79. The largest absolute Gasteiger partial charge is 0.340 e. The number of amides is 2. The Hall–Kier alpha value is -1.88. The van der Waals surface area contributed by atoms with Crippen molar-refractivity contribution in [2.45, 2.75) is 34.1 Å². The summed E-state index contributed by atoms with van der Waals surface area (Å²) in [5.41, 5.74) is 1.70. The molecule has 1 saturated heterocycles. The van der Waals surface area contributed by atoms with Gasteiger partial charge in [0.25, 0.3) is 0 Å². The number of rotatable bonds is 4. The second-order valence-corrected chi connectivity index (χ2v) is 7.38. The van der Waals surface area contributed by atoms with Crippen molar-refractivity contribution in [3.05, 3.63) is 29.8 Å². The van der Waals surface area contributed by atoms with Crippen LogP contribution in [0.3, 0.4) is 0 Å². The molecule has 0 spiro atoms. The monoisotopic (exact) mass is 331 g/mol. The summed E-state index contributed by atoms with van der Waals surface area (Å²) in [5, 5.41) is 3.01. The first-order valence-electron chi connectivity index (χ1n) is 8.70. The molecular weight excluding hydrogens is 302 g/mol. The summed E-state index contributed by atoms with van der Waals surface area (Å²) in [6.45, 7) is 11.1. The number of carbonyl (C=O) groups is 2. The zero-order valence-corrected chi connectivity index (χ0v) is 15.3. The molecule has 0 saturated carbocycles. The van der Waals surface area contributed by atoms with Gasteiger partial charge >= 0.3 is 0 Å². The van der Waals surface area contributed by atoms with E-state index in [0.717, 1.165) is 30.8 Å². The SMILES string of the molecule is CCc1ccccc1NC(=O)CN1CCN(C(=O)C(C)(C)C)CC1. The van der Waals surface area contributed by atoms with Gasteiger partial charge in [-0.15, -0.1) is 0 Å². The van der Waals surface area contributed by atoms with Crippen LogP contribution in [-0.4, -0.2) is 54.3 Å². The highest BCUT2D eigenvalue weighted by Gasteiger charge is 2.30. The van der Waals surface area contributed by atoms with E-state index in [0.29, 0.717) is 19.6 Å². The van der Waals surface area contributed by atoms with Gasteiger partial charge in [0, 0.05) is 37.3 Å². The van der Waals surface area contributed by atoms with Crippen LogP contribution in [0.5, 0.6) is 0 Å². The number of piperazine rings is 1. The molecule has 0 atom stereocenters. The summed E-state index contributed by atoms with van der Waals surface area (Å²) in [7, 11) is 0. The number of benzene rings is 1. The third-order valence-corrected chi connectivity index (χ3v) is 4.34. The maximum absolute atomic E-state index is 12.3. The Balaban J connectivity index is 1.83. The molecule has 132 valence electrons. The Bertz CT molecular complexity index is 585. The molecular formula is C19H29N3O2. The number of nitrogens with zero attached hydrogens (tertiary/aromatic N) is 2. The number of carbonyl (C=O) groups excluding carboxylic acids is 2. The van der Waals surface area contributed by atoms with E-state index >= 15 is 0 Å². The molecule has 1 aliphatic heterocycles. The number of anilines is 1. The summed E-state index contributed by atoms with van der Waals surface area (Å²) in [6, 6.07) is 7.90. The lowest BCUT2D eigenvalue weighted by Gasteiger charge is -2.37. The summed E-state index contributed by atoms with van der Waals surface area (Å²) in [4.78, 5) is 28.6. The first kappa shape index (κ1) is 18.5. The molecule has 0 aromatic heterocycles. The smallest absolute Gasteiger partial charge is 0.238 e. The molecule has 1 aromatic rings. The number of nitrogens with one attached hydrogen (secondary N) is 1. The Morgan fingerprint density at radius 2 is 1.71 bits per heavy atom. The van der Waals surface area contributed by atoms with Gasteiger partial charge in [-0.2, -0.15) is 0 Å². The van der Waals surface area contributed by atoms with Crippen LogP contribution in [0.25, 0.3) is 0 Å². The van der Waals surface area contributed by atoms with Crippen molar-refractivity contribution in [2.24, 2.45) is 5.41 Å². The maximum atomic E-state index is 12.3. The van der Waals surface area contributed by atoms with E-state index in [1.54, 1.807) is 0 Å². The molecule has 1 fully saturated rings. The number of hydrogen-bond donors (Lipinski definition) is 1. The quantitative estimate of drug-likeness (QED) is 0.921. The molecule has 24 heavy (non-hydrogen) atoms. The number of hydrogen-bond acceptors (Lipinski definition) is 3. The van der Waals surface area contributed by atoms with Crippen molar-refractivity contribution in [2.75, 3.05) is 38.0 Å². The van der Waals surface area contributed by atoms with Gasteiger partial charge in [0.2, 0.25) is 11.8 Å². The van der Waals surface area contributed by atoms with Crippen LogP contribution in [0.15, 0.2) is 24.3 Å². The first-order valence-corrected chi connectivity index (χ1v) is 8.70. The minimum absolute atomic E-state index is 0.00602. The van der Waals surface area contributed by atoms with Gasteiger partial charge in [0.05, 0.1) is 6.54 Å². The highest BCUT2D eigenvalue weighted by atomic mass is 16.2. The molecule has 5 nitrogen and oxygen atoms in total. The molecule has 1 aliphatic rings. The van der Waals surface area contributed by atoms with Gasteiger partial charge in [0.1, 0.15) is 0 Å². The Labute approximate surface area is 145 Å². The summed E-state index contributed by atoms with van der Waals surface area (Å²) in [5.74, 6) is 0.190. The molecule has 0 unspecified atom stereocenters. The van der Waals surface area contributed by atoms with Crippen LogP contribution in [0, 0.1) is 5.41 Å². The van der Waals surface area contributed by atoms with Gasteiger partial charge < -0.3 is 10.2 Å². The van der Waals surface area contributed by atoms with Crippen LogP contribution < -0.4 is 5.32 Å². The second-order valence-electron chi connectivity index (χ2n) is 7.38. The highest BCUT2D eigenvalue weighted by molar-refractivity contribution is 5.93. The normalized spacial score (nSPS) is 16.1. The third kappa shape index (κ3) is 4.81. The molecule has 0 aliphatic carbocycles. The first-order chi connectivity index (χ1) is 11.3. The average molecular weight is 331 g/mol. The predicted octanol–water partition coefficient (Wildman–Crippen LogP) is 2.38. The average Bonchev–Trinajstić information content (AvgIpc) is 2.54. The van der Waals surface area contributed by atoms with E-state index in [4.69, 9.17) is 0 Å². The number of aryl methyl sites for hydroxylation is 1. The Kier molecular flexibility index (Phi) is 5.99. The minimum atomic E-state index is -0.344. The molecule has 0 bridgehead atoms. The fourth-order valence-corrected chi connectivity index (χ4v) is 2.93. The molecule has 0 radical (unpaired) electrons. The number of para-hydroxylation sites is 1. The van der Waals surface area contributed by atoms with Crippen LogP contribution in [0.4, 0.5) is 5.69 Å². The van der Waals surface area contributed by atoms with Crippen LogP contribution in [0.2, 0.25) is 0 Å². The Morgan fingerprint density at radius 1 is 1.08 bits per heavy atom. The van der Waals surface area contributed by atoms with Gasteiger partial charge in [-0.05, 0) is 18.1 Å². The van der Waals surface area contributed by atoms with Crippen molar-refractivity contribution < 1.29 is 9.59 Å². The molecule has 1 aromatic carbocycles. The van der Waals surface area contributed by atoms with Gasteiger partial charge in [-0.3, -0.25) is 14.5 Å². The minimum Gasteiger partial charge on any atom is -0.340 e. The lowest BCUT2D eigenvalue weighted by molar-refractivity contribution is -0.141. The zero-order valence-electron chi connectivity index (χ0n) is 15.3.